The molecule has 0 aliphatic rings. The monoisotopic (exact) mass is 396 g/mol. The molecule has 0 bridgehead atoms. The first kappa shape index (κ1) is 21.6. The van der Waals surface area contributed by atoms with E-state index in [1.54, 1.807) is 7.11 Å². The minimum absolute atomic E-state index is 0.519. The lowest BCUT2D eigenvalue weighted by atomic mass is 9.93. The number of methoxy groups -OCH3 is 1. The molecule has 30 heavy (non-hydrogen) atoms. The lowest BCUT2D eigenvalue weighted by Crippen LogP contribution is -1.92. The first-order valence-corrected chi connectivity index (χ1v) is 10.7. The van der Waals surface area contributed by atoms with Crippen LogP contribution in [0.1, 0.15) is 56.2 Å². The second-order valence-electron chi connectivity index (χ2n) is 8.21. The topological polar surface area (TPSA) is 9.23 Å². The fraction of sp³-hybridized carbons (Fsp3) is 0.241. The van der Waals surface area contributed by atoms with Crippen molar-refractivity contribution in [1.29, 1.82) is 0 Å². The van der Waals surface area contributed by atoms with E-state index in [0.29, 0.717) is 11.8 Å². The second-order valence-corrected chi connectivity index (χ2v) is 8.21. The number of rotatable bonds is 4. The van der Waals surface area contributed by atoms with Crippen molar-refractivity contribution in [2.75, 3.05) is 7.11 Å². The summed E-state index contributed by atoms with van der Waals surface area (Å²) in [5, 5.41) is 5.15. The van der Waals surface area contributed by atoms with Gasteiger partial charge in [0.1, 0.15) is 5.75 Å². The Morgan fingerprint density at radius 3 is 1.63 bits per heavy atom. The largest absolute Gasteiger partial charge is 0.496 e. The standard InChI is InChI=1S/C15H16.C14H16O/c1-4-12-7-5-8-13-9-6-10-14(11(2)3)15(12)13;1-10(2)12-8-4-6-11-7-5-9-13(15-3)14(11)12/h4-11H,1H2,2-3H3;4-10H,1-3H3. The van der Waals surface area contributed by atoms with Crippen LogP contribution in [0.15, 0.2) is 79.4 Å². The molecule has 1 heteroatoms. The van der Waals surface area contributed by atoms with Gasteiger partial charge in [0.15, 0.2) is 0 Å². The van der Waals surface area contributed by atoms with E-state index in [1.807, 2.05) is 18.2 Å². The van der Waals surface area contributed by atoms with Crippen molar-refractivity contribution in [1.82, 2.24) is 0 Å². The summed E-state index contributed by atoms with van der Waals surface area (Å²) in [5.41, 5.74) is 3.99. The average molecular weight is 397 g/mol. The summed E-state index contributed by atoms with van der Waals surface area (Å²) >= 11 is 0. The van der Waals surface area contributed by atoms with Gasteiger partial charge in [-0.25, -0.2) is 0 Å². The van der Waals surface area contributed by atoms with Gasteiger partial charge in [-0.1, -0.05) is 107 Å². The maximum absolute atomic E-state index is 5.42. The van der Waals surface area contributed by atoms with Crippen molar-refractivity contribution in [2.24, 2.45) is 0 Å². The lowest BCUT2D eigenvalue weighted by molar-refractivity contribution is 0.419. The molecule has 0 amide bonds. The fourth-order valence-electron chi connectivity index (χ4n) is 4.04. The van der Waals surface area contributed by atoms with Crippen LogP contribution in [-0.4, -0.2) is 7.11 Å². The maximum atomic E-state index is 5.42. The highest BCUT2D eigenvalue weighted by molar-refractivity contribution is 5.93. The van der Waals surface area contributed by atoms with Crippen molar-refractivity contribution in [3.8, 4) is 5.75 Å². The van der Waals surface area contributed by atoms with Gasteiger partial charge in [-0.3, -0.25) is 0 Å². The van der Waals surface area contributed by atoms with Gasteiger partial charge >= 0.3 is 0 Å². The van der Waals surface area contributed by atoms with Gasteiger partial charge in [-0.2, -0.15) is 0 Å². The predicted octanol–water partition coefficient (Wildman–Crippen LogP) is 8.58. The van der Waals surface area contributed by atoms with E-state index < -0.39 is 0 Å². The van der Waals surface area contributed by atoms with Gasteiger partial charge in [0, 0.05) is 5.39 Å². The van der Waals surface area contributed by atoms with E-state index in [2.05, 4.69) is 94.9 Å². The number of hydrogen-bond donors (Lipinski definition) is 0. The Kier molecular flexibility index (Phi) is 6.95. The van der Waals surface area contributed by atoms with Crippen molar-refractivity contribution >= 4 is 27.6 Å². The molecule has 1 nitrogen and oxygen atoms in total. The molecule has 4 aromatic carbocycles. The molecule has 0 saturated heterocycles. The molecule has 154 valence electrons. The molecule has 0 N–H and O–H groups in total. The number of ether oxygens (including phenoxy) is 1. The van der Waals surface area contributed by atoms with E-state index in [9.17, 15) is 0 Å². The highest BCUT2D eigenvalue weighted by atomic mass is 16.5. The molecule has 0 spiro atoms. The molecular formula is C29H32O. The molecule has 0 aliphatic heterocycles. The summed E-state index contributed by atoms with van der Waals surface area (Å²) in [5.74, 6) is 2.04. The van der Waals surface area contributed by atoms with Crippen LogP contribution in [0.5, 0.6) is 5.75 Å². The summed E-state index contributed by atoms with van der Waals surface area (Å²) in [6.07, 6.45) is 1.94. The highest BCUT2D eigenvalue weighted by Gasteiger charge is 2.09. The number of benzene rings is 4. The Labute approximate surface area is 181 Å². The van der Waals surface area contributed by atoms with Crippen LogP contribution in [0.3, 0.4) is 0 Å². The number of hydrogen-bond acceptors (Lipinski definition) is 1. The zero-order chi connectivity index (χ0) is 21.7. The first-order valence-electron chi connectivity index (χ1n) is 10.7. The summed E-state index contributed by atoms with van der Waals surface area (Å²) < 4.78 is 5.42. The third-order valence-corrected chi connectivity index (χ3v) is 5.55. The molecule has 4 rings (SSSR count). The Hall–Kier alpha value is -3.06. The first-order chi connectivity index (χ1) is 14.5. The minimum atomic E-state index is 0.519. The second kappa shape index (κ2) is 9.63. The van der Waals surface area contributed by atoms with E-state index in [4.69, 9.17) is 4.74 Å². The smallest absolute Gasteiger partial charge is 0.126 e. The summed E-state index contributed by atoms with van der Waals surface area (Å²) in [6, 6.07) is 25.5. The fourth-order valence-corrected chi connectivity index (χ4v) is 4.04. The Morgan fingerprint density at radius 1 is 0.667 bits per heavy atom. The molecule has 0 atom stereocenters. The third-order valence-electron chi connectivity index (χ3n) is 5.55. The molecule has 0 unspecified atom stereocenters. The average Bonchev–Trinajstić information content (AvgIpc) is 2.77. The lowest BCUT2D eigenvalue weighted by Gasteiger charge is -2.12. The van der Waals surface area contributed by atoms with Crippen LogP contribution < -0.4 is 4.74 Å². The normalized spacial score (nSPS) is 10.9. The van der Waals surface area contributed by atoms with Gasteiger partial charge < -0.3 is 4.74 Å². The highest BCUT2D eigenvalue weighted by Crippen LogP contribution is 2.32. The summed E-state index contributed by atoms with van der Waals surface area (Å²) in [6.45, 7) is 12.8. The SMILES string of the molecule is C=Cc1cccc2cccc(C(C)C)c12.COc1cccc2cccc(C(C)C)c12. The van der Waals surface area contributed by atoms with Crippen LogP contribution in [0, 0.1) is 0 Å². The van der Waals surface area contributed by atoms with Gasteiger partial charge in [-0.15, -0.1) is 0 Å². The molecular weight excluding hydrogens is 364 g/mol. The van der Waals surface area contributed by atoms with Crippen LogP contribution in [0.25, 0.3) is 27.6 Å². The summed E-state index contributed by atoms with van der Waals surface area (Å²) in [7, 11) is 1.73. The Morgan fingerprint density at radius 2 is 1.13 bits per heavy atom. The predicted molar refractivity (Wildman–Crippen MR) is 133 cm³/mol. The quantitative estimate of drug-likeness (QED) is 0.335. The minimum Gasteiger partial charge on any atom is -0.496 e. The van der Waals surface area contributed by atoms with Crippen molar-refractivity contribution < 1.29 is 4.74 Å². The van der Waals surface area contributed by atoms with E-state index in [1.165, 1.54) is 38.2 Å². The molecule has 0 aromatic heterocycles. The molecule has 0 aliphatic carbocycles. The van der Waals surface area contributed by atoms with Crippen molar-refractivity contribution in [2.45, 2.75) is 39.5 Å². The maximum Gasteiger partial charge on any atom is 0.126 e. The molecule has 0 fully saturated rings. The molecule has 0 heterocycles. The molecule has 4 aromatic rings. The zero-order valence-electron chi connectivity index (χ0n) is 18.8. The number of fused-ring (bicyclic) bond motifs is 2. The Balaban J connectivity index is 0.000000171. The third kappa shape index (κ3) is 4.41. The van der Waals surface area contributed by atoms with Crippen LogP contribution in [-0.2, 0) is 0 Å². The van der Waals surface area contributed by atoms with E-state index in [0.717, 1.165) is 5.75 Å². The zero-order valence-corrected chi connectivity index (χ0v) is 18.8. The van der Waals surface area contributed by atoms with Crippen LogP contribution in [0.4, 0.5) is 0 Å². The van der Waals surface area contributed by atoms with Gasteiger partial charge in [-0.05, 0) is 50.8 Å². The molecule has 0 radical (unpaired) electrons. The molecule has 0 saturated carbocycles. The van der Waals surface area contributed by atoms with E-state index in [-0.39, 0.29) is 0 Å². The summed E-state index contributed by atoms with van der Waals surface area (Å²) in [4.78, 5) is 0. The van der Waals surface area contributed by atoms with Crippen LogP contribution >= 0.6 is 0 Å². The Bertz CT molecular complexity index is 1140. The van der Waals surface area contributed by atoms with Gasteiger partial charge in [0.05, 0.1) is 7.11 Å². The van der Waals surface area contributed by atoms with Crippen molar-refractivity contribution in [3.05, 3.63) is 96.1 Å². The van der Waals surface area contributed by atoms with Gasteiger partial charge in [0.2, 0.25) is 0 Å². The van der Waals surface area contributed by atoms with E-state index >= 15 is 0 Å². The van der Waals surface area contributed by atoms with Crippen molar-refractivity contribution in [3.63, 3.8) is 0 Å². The van der Waals surface area contributed by atoms with Crippen LogP contribution in [0.2, 0.25) is 0 Å². The van der Waals surface area contributed by atoms with Gasteiger partial charge in [0.25, 0.3) is 0 Å².